The molecule has 0 radical (unpaired) electrons. The zero-order valence-electron chi connectivity index (χ0n) is 13.2. The second kappa shape index (κ2) is 7.93. The van der Waals surface area contributed by atoms with E-state index in [1.54, 1.807) is 12.1 Å². The summed E-state index contributed by atoms with van der Waals surface area (Å²) in [5, 5.41) is 3.38. The highest BCUT2D eigenvalue weighted by Crippen LogP contribution is 2.21. The number of esters is 1. The first-order valence-corrected chi connectivity index (χ1v) is 7.43. The van der Waals surface area contributed by atoms with Gasteiger partial charge < -0.3 is 10.1 Å². The highest BCUT2D eigenvalue weighted by molar-refractivity contribution is 5.89. The van der Waals surface area contributed by atoms with E-state index in [9.17, 15) is 4.79 Å². The van der Waals surface area contributed by atoms with Crippen molar-refractivity contribution >= 4 is 11.7 Å². The molecule has 0 bridgehead atoms. The van der Waals surface area contributed by atoms with Gasteiger partial charge in [-0.1, -0.05) is 27.2 Å². The maximum atomic E-state index is 11.5. The van der Waals surface area contributed by atoms with Crippen LogP contribution < -0.4 is 5.32 Å². The number of hydrogen-bond acceptors (Lipinski definition) is 3. The fourth-order valence-corrected chi connectivity index (χ4v) is 1.95. The van der Waals surface area contributed by atoms with Gasteiger partial charge in [0.2, 0.25) is 0 Å². The highest BCUT2D eigenvalue weighted by atomic mass is 16.5. The minimum Gasteiger partial charge on any atom is -0.462 e. The topological polar surface area (TPSA) is 38.3 Å². The van der Waals surface area contributed by atoms with Crippen LogP contribution in [0.5, 0.6) is 0 Å². The Morgan fingerprint density at radius 3 is 2.35 bits per heavy atom. The smallest absolute Gasteiger partial charge is 0.338 e. The van der Waals surface area contributed by atoms with Crippen molar-refractivity contribution in [1.29, 1.82) is 0 Å². The fourth-order valence-electron chi connectivity index (χ4n) is 1.95. The Balaban J connectivity index is 2.30. The third-order valence-corrected chi connectivity index (χ3v) is 3.08. The van der Waals surface area contributed by atoms with E-state index in [2.05, 4.69) is 26.1 Å². The van der Waals surface area contributed by atoms with Gasteiger partial charge in [-0.15, -0.1) is 0 Å². The van der Waals surface area contributed by atoms with E-state index in [1.807, 2.05) is 19.1 Å². The second-order valence-electron chi connectivity index (χ2n) is 6.24. The van der Waals surface area contributed by atoms with Gasteiger partial charge in [-0.2, -0.15) is 0 Å². The molecule has 1 rings (SSSR count). The molecule has 0 aliphatic rings. The van der Waals surface area contributed by atoms with Crippen LogP contribution in [-0.2, 0) is 4.74 Å². The molecule has 0 atom stereocenters. The van der Waals surface area contributed by atoms with E-state index in [1.165, 1.54) is 12.8 Å². The first-order valence-electron chi connectivity index (χ1n) is 7.43. The summed E-state index contributed by atoms with van der Waals surface area (Å²) in [7, 11) is 0. The summed E-state index contributed by atoms with van der Waals surface area (Å²) in [6.07, 6.45) is 3.64. The maximum Gasteiger partial charge on any atom is 0.338 e. The Kier molecular flexibility index (Phi) is 6.56. The van der Waals surface area contributed by atoms with Crippen molar-refractivity contribution in [2.24, 2.45) is 5.41 Å². The van der Waals surface area contributed by atoms with Crippen LogP contribution in [0.15, 0.2) is 24.3 Å². The summed E-state index contributed by atoms with van der Waals surface area (Å²) in [5.41, 5.74) is 2.07. The van der Waals surface area contributed by atoms with Crippen molar-refractivity contribution in [3.8, 4) is 0 Å². The molecular formula is C17H27NO2. The molecule has 0 saturated heterocycles. The summed E-state index contributed by atoms with van der Waals surface area (Å²) in [5.74, 6) is -0.260. The largest absolute Gasteiger partial charge is 0.462 e. The van der Waals surface area contributed by atoms with Crippen molar-refractivity contribution in [1.82, 2.24) is 0 Å². The lowest BCUT2D eigenvalue weighted by Gasteiger charge is -2.17. The van der Waals surface area contributed by atoms with Crippen LogP contribution in [0.1, 0.15) is 57.3 Å². The number of benzene rings is 1. The Morgan fingerprint density at radius 2 is 1.80 bits per heavy atom. The Bertz CT molecular complexity index is 404. The van der Waals surface area contributed by atoms with Gasteiger partial charge in [0, 0.05) is 12.2 Å². The quantitative estimate of drug-likeness (QED) is 0.589. The first-order chi connectivity index (χ1) is 9.42. The van der Waals surface area contributed by atoms with Gasteiger partial charge in [-0.05, 0) is 49.4 Å². The molecule has 0 heterocycles. The molecule has 0 amide bonds. The fraction of sp³-hybridized carbons (Fsp3) is 0.588. The predicted octanol–water partition coefficient (Wildman–Crippen LogP) is 4.49. The molecule has 3 heteroatoms. The normalized spacial score (nSPS) is 11.2. The third kappa shape index (κ3) is 6.60. The van der Waals surface area contributed by atoms with E-state index < -0.39 is 0 Å². The monoisotopic (exact) mass is 277 g/mol. The SMILES string of the molecule is CCOC(=O)c1ccc(NCCCCC(C)(C)C)cc1. The van der Waals surface area contributed by atoms with E-state index >= 15 is 0 Å². The number of anilines is 1. The van der Waals surface area contributed by atoms with Gasteiger partial charge in [-0.3, -0.25) is 0 Å². The lowest BCUT2D eigenvalue weighted by Crippen LogP contribution is -2.07. The van der Waals surface area contributed by atoms with Gasteiger partial charge in [0.1, 0.15) is 0 Å². The predicted molar refractivity (Wildman–Crippen MR) is 84.2 cm³/mol. The molecule has 0 unspecified atom stereocenters. The van der Waals surface area contributed by atoms with E-state index in [0.29, 0.717) is 17.6 Å². The van der Waals surface area contributed by atoms with Crippen LogP contribution in [0.2, 0.25) is 0 Å². The molecule has 0 spiro atoms. The summed E-state index contributed by atoms with van der Waals surface area (Å²) in [6.45, 7) is 10.0. The molecule has 0 aromatic heterocycles. The van der Waals surface area contributed by atoms with E-state index in [4.69, 9.17) is 4.74 Å². The molecule has 1 aromatic carbocycles. The van der Waals surface area contributed by atoms with Gasteiger partial charge in [0.25, 0.3) is 0 Å². The summed E-state index contributed by atoms with van der Waals surface area (Å²) >= 11 is 0. The molecule has 0 saturated carbocycles. The number of rotatable bonds is 7. The molecule has 3 nitrogen and oxygen atoms in total. The minimum atomic E-state index is -0.260. The number of nitrogens with one attached hydrogen (secondary N) is 1. The zero-order valence-corrected chi connectivity index (χ0v) is 13.2. The van der Waals surface area contributed by atoms with Gasteiger partial charge in [0.15, 0.2) is 0 Å². The van der Waals surface area contributed by atoms with Crippen molar-refractivity contribution in [2.75, 3.05) is 18.5 Å². The molecule has 20 heavy (non-hydrogen) atoms. The second-order valence-corrected chi connectivity index (χ2v) is 6.24. The van der Waals surface area contributed by atoms with Crippen molar-refractivity contribution < 1.29 is 9.53 Å². The van der Waals surface area contributed by atoms with Crippen LogP contribution in [-0.4, -0.2) is 19.1 Å². The number of unbranched alkanes of at least 4 members (excludes halogenated alkanes) is 1. The molecule has 0 fully saturated rings. The number of hydrogen-bond donors (Lipinski definition) is 1. The summed E-state index contributed by atoms with van der Waals surface area (Å²) in [4.78, 5) is 11.5. The van der Waals surface area contributed by atoms with Crippen LogP contribution >= 0.6 is 0 Å². The van der Waals surface area contributed by atoms with Crippen molar-refractivity contribution in [3.63, 3.8) is 0 Å². The summed E-state index contributed by atoms with van der Waals surface area (Å²) in [6, 6.07) is 7.46. The molecule has 0 aliphatic heterocycles. The lowest BCUT2D eigenvalue weighted by atomic mass is 9.90. The van der Waals surface area contributed by atoms with Crippen LogP contribution in [0, 0.1) is 5.41 Å². The Labute approximate surface area is 122 Å². The Morgan fingerprint density at radius 1 is 1.15 bits per heavy atom. The standard InChI is InChI=1S/C17H27NO2/c1-5-20-16(19)14-8-10-15(11-9-14)18-13-7-6-12-17(2,3)4/h8-11,18H,5-7,12-13H2,1-4H3. The number of ether oxygens (including phenoxy) is 1. The van der Waals surface area contributed by atoms with Gasteiger partial charge in [-0.25, -0.2) is 4.79 Å². The number of carbonyl (C=O) groups is 1. The average molecular weight is 277 g/mol. The highest BCUT2D eigenvalue weighted by Gasteiger charge is 2.09. The van der Waals surface area contributed by atoms with Crippen molar-refractivity contribution in [2.45, 2.75) is 47.0 Å². The molecular weight excluding hydrogens is 250 g/mol. The Hall–Kier alpha value is -1.51. The summed E-state index contributed by atoms with van der Waals surface area (Å²) < 4.78 is 4.95. The maximum absolute atomic E-state index is 11.5. The van der Waals surface area contributed by atoms with Crippen LogP contribution in [0.25, 0.3) is 0 Å². The molecule has 112 valence electrons. The molecule has 0 aliphatic carbocycles. The number of carbonyl (C=O) groups excluding carboxylic acids is 1. The minimum absolute atomic E-state index is 0.260. The van der Waals surface area contributed by atoms with E-state index in [-0.39, 0.29) is 5.97 Å². The van der Waals surface area contributed by atoms with E-state index in [0.717, 1.165) is 18.7 Å². The van der Waals surface area contributed by atoms with Crippen LogP contribution in [0.4, 0.5) is 5.69 Å². The van der Waals surface area contributed by atoms with Crippen molar-refractivity contribution in [3.05, 3.63) is 29.8 Å². The van der Waals surface area contributed by atoms with Crippen LogP contribution in [0.3, 0.4) is 0 Å². The van der Waals surface area contributed by atoms with Gasteiger partial charge in [0.05, 0.1) is 12.2 Å². The lowest BCUT2D eigenvalue weighted by molar-refractivity contribution is 0.0526. The van der Waals surface area contributed by atoms with Gasteiger partial charge >= 0.3 is 5.97 Å². The zero-order chi connectivity index (χ0) is 15.0. The molecule has 1 N–H and O–H groups in total. The average Bonchev–Trinajstić information content (AvgIpc) is 2.38. The third-order valence-electron chi connectivity index (χ3n) is 3.08. The first kappa shape index (κ1) is 16.5. The molecule has 1 aromatic rings.